The lowest BCUT2D eigenvalue weighted by Crippen LogP contribution is -2.16. The molecule has 0 unspecified atom stereocenters. The Kier molecular flexibility index (Phi) is 7.54. The number of aliphatic hydroxyl groups excluding tert-OH is 1. The van der Waals surface area contributed by atoms with Crippen molar-refractivity contribution in [2.45, 2.75) is 20.0 Å². The molecule has 0 aromatic rings. The van der Waals surface area contributed by atoms with Crippen molar-refractivity contribution in [2.75, 3.05) is 13.2 Å². The average molecular weight is 201 g/mol. The summed E-state index contributed by atoms with van der Waals surface area (Å²) in [6.07, 6.45) is -0.446. The van der Waals surface area contributed by atoms with E-state index in [9.17, 15) is 8.42 Å². The van der Waals surface area contributed by atoms with Gasteiger partial charge in [0.05, 0.1) is 19.3 Å². The van der Waals surface area contributed by atoms with Gasteiger partial charge in [-0.2, -0.15) is 8.42 Å². The molecule has 0 atom stereocenters. The lowest BCUT2D eigenvalue weighted by atomic mass is 10.5. The first-order valence-electron chi connectivity index (χ1n) is 3.16. The average Bonchev–Trinajstić information content (AvgIpc) is 1.81. The van der Waals surface area contributed by atoms with Crippen molar-refractivity contribution in [1.82, 2.24) is 6.15 Å². The zero-order chi connectivity index (χ0) is 8.91. The fourth-order valence-electron chi connectivity index (χ4n) is 0.403. The van der Waals surface area contributed by atoms with Gasteiger partial charge < -0.3 is 11.3 Å². The first-order chi connectivity index (χ1) is 4.98. The van der Waals surface area contributed by atoms with Crippen LogP contribution in [0.3, 0.4) is 0 Å². The quantitative estimate of drug-likeness (QED) is 0.639. The summed E-state index contributed by atoms with van der Waals surface area (Å²) in [5.74, 6) is 0. The fourth-order valence-corrected chi connectivity index (χ4v) is 1.21. The topological polar surface area (TPSA) is 108 Å². The summed E-state index contributed by atoms with van der Waals surface area (Å²) in [4.78, 5) is 0. The molecule has 0 fully saturated rings. The Balaban J connectivity index is 0. The second-order valence-corrected chi connectivity index (χ2v) is 3.34. The molecule has 6 nitrogen and oxygen atoms in total. The first kappa shape index (κ1) is 14.3. The monoisotopic (exact) mass is 201 g/mol. The molecule has 0 rings (SSSR count). The van der Waals surface area contributed by atoms with Crippen molar-refractivity contribution >= 4 is 10.4 Å². The van der Waals surface area contributed by atoms with Crippen molar-refractivity contribution in [3.05, 3.63) is 0 Å². The van der Waals surface area contributed by atoms with Gasteiger partial charge in [-0.3, -0.25) is 0 Å². The molecule has 0 aliphatic heterocycles. The summed E-state index contributed by atoms with van der Waals surface area (Å²) in [6, 6.07) is 0. The van der Waals surface area contributed by atoms with Gasteiger partial charge in [0.25, 0.3) is 0 Å². The molecule has 0 radical (unpaired) electrons. The molecule has 0 spiro atoms. The Morgan fingerprint density at radius 1 is 1.42 bits per heavy atom. The van der Waals surface area contributed by atoms with Crippen molar-refractivity contribution in [2.24, 2.45) is 0 Å². The van der Waals surface area contributed by atoms with Crippen LogP contribution in [0.4, 0.5) is 0 Å². The molecule has 0 saturated heterocycles. The van der Waals surface area contributed by atoms with Gasteiger partial charge in [-0.25, -0.2) is 8.37 Å². The minimum absolute atomic E-state index is 0. The lowest BCUT2D eigenvalue weighted by Gasteiger charge is -2.06. The predicted octanol–water partition coefficient (Wildman–Crippen LogP) is -0.173. The Morgan fingerprint density at radius 2 is 1.92 bits per heavy atom. The molecule has 4 N–H and O–H groups in total. The van der Waals surface area contributed by atoms with E-state index in [0.717, 1.165) is 0 Å². The smallest absolute Gasteiger partial charge is 0.394 e. The molecule has 0 saturated carbocycles. The highest BCUT2D eigenvalue weighted by Gasteiger charge is 2.12. The van der Waals surface area contributed by atoms with Crippen molar-refractivity contribution in [3.63, 3.8) is 0 Å². The molecule has 0 aromatic heterocycles. The van der Waals surface area contributed by atoms with E-state index in [2.05, 4.69) is 8.37 Å². The second kappa shape index (κ2) is 6.32. The highest BCUT2D eigenvalue weighted by Crippen LogP contribution is 1.99. The largest absolute Gasteiger partial charge is 0.400 e. The van der Waals surface area contributed by atoms with Crippen LogP contribution >= 0.6 is 0 Å². The van der Waals surface area contributed by atoms with E-state index in [0.29, 0.717) is 0 Å². The molecule has 0 bridgehead atoms. The third-order valence-corrected chi connectivity index (χ3v) is 1.71. The molecule has 12 heavy (non-hydrogen) atoms. The van der Waals surface area contributed by atoms with Crippen LogP contribution in [0.2, 0.25) is 0 Å². The van der Waals surface area contributed by atoms with Gasteiger partial charge in [-0.15, -0.1) is 0 Å². The molecule has 0 amide bonds. The van der Waals surface area contributed by atoms with Gasteiger partial charge in [0.15, 0.2) is 0 Å². The lowest BCUT2D eigenvalue weighted by molar-refractivity contribution is 0.150. The zero-order valence-corrected chi connectivity index (χ0v) is 8.00. The maximum absolute atomic E-state index is 10.6. The van der Waals surface area contributed by atoms with Crippen LogP contribution in [0.1, 0.15) is 13.8 Å². The van der Waals surface area contributed by atoms with Crippen LogP contribution in [0.15, 0.2) is 0 Å². The van der Waals surface area contributed by atoms with Gasteiger partial charge >= 0.3 is 10.4 Å². The van der Waals surface area contributed by atoms with E-state index in [4.69, 9.17) is 5.11 Å². The minimum Gasteiger partial charge on any atom is -0.394 e. The van der Waals surface area contributed by atoms with Gasteiger partial charge in [-0.1, -0.05) is 0 Å². The van der Waals surface area contributed by atoms with E-state index in [1.54, 1.807) is 13.8 Å². The molecule has 0 heterocycles. The standard InChI is InChI=1S/C5H12O5S.H3N/c1-5(2)10-11(7,8)9-4-3-6;/h5-6H,3-4H2,1-2H3;1H3. The van der Waals surface area contributed by atoms with Crippen LogP contribution in [-0.4, -0.2) is 32.8 Å². The third kappa shape index (κ3) is 7.89. The Morgan fingerprint density at radius 3 is 2.25 bits per heavy atom. The summed E-state index contributed by atoms with van der Waals surface area (Å²) in [5.41, 5.74) is 0. The first-order valence-corrected chi connectivity index (χ1v) is 4.50. The normalized spacial score (nSPS) is 11.3. The molecule has 76 valence electrons. The van der Waals surface area contributed by atoms with Crippen LogP contribution in [0.25, 0.3) is 0 Å². The second-order valence-electron chi connectivity index (χ2n) is 2.10. The molecule has 0 aliphatic carbocycles. The van der Waals surface area contributed by atoms with E-state index in [-0.39, 0.29) is 19.4 Å². The number of hydrogen-bond donors (Lipinski definition) is 2. The Labute approximate surface area is 72.4 Å². The van der Waals surface area contributed by atoms with Crippen LogP contribution in [0.5, 0.6) is 0 Å². The van der Waals surface area contributed by atoms with E-state index in [1.165, 1.54) is 0 Å². The summed E-state index contributed by atoms with van der Waals surface area (Å²) in [5, 5.41) is 8.22. The molecular weight excluding hydrogens is 186 g/mol. The van der Waals surface area contributed by atoms with Crippen molar-refractivity contribution in [3.8, 4) is 0 Å². The summed E-state index contributed by atoms with van der Waals surface area (Å²) in [7, 11) is -3.90. The van der Waals surface area contributed by atoms with Gasteiger partial charge in [0, 0.05) is 0 Å². The van der Waals surface area contributed by atoms with Crippen molar-refractivity contribution in [1.29, 1.82) is 0 Å². The van der Waals surface area contributed by atoms with Gasteiger partial charge in [0.2, 0.25) is 0 Å². The SMILES string of the molecule is CC(C)OS(=O)(=O)OCCO.N. The van der Waals surface area contributed by atoms with Gasteiger partial charge in [0.1, 0.15) is 0 Å². The Bertz CT molecular complexity index is 188. The van der Waals surface area contributed by atoms with E-state index >= 15 is 0 Å². The van der Waals surface area contributed by atoms with Crippen LogP contribution in [0, 0.1) is 0 Å². The maximum Gasteiger partial charge on any atom is 0.400 e. The molecule has 7 heteroatoms. The number of rotatable bonds is 5. The third-order valence-electron chi connectivity index (χ3n) is 0.629. The molecular formula is C5H15NO5S. The van der Waals surface area contributed by atoms with E-state index in [1.807, 2.05) is 0 Å². The highest BCUT2D eigenvalue weighted by molar-refractivity contribution is 7.81. The summed E-state index contributed by atoms with van der Waals surface area (Å²) < 4.78 is 29.9. The van der Waals surface area contributed by atoms with Crippen molar-refractivity contribution < 1.29 is 21.9 Å². The number of hydrogen-bond acceptors (Lipinski definition) is 6. The molecule has 0 aromatic carbocycles. The zero-order valence-electron chi connectivity index (χ0n) is 7.19. The maximum atomic E-state index is 10.6. The van der Waals surface area contributed by atoms with Crippen LogP contribution in [-0.2, 0) is 18.8 Å². The fraction of sp³-hybridized carbons (Fsp3) is 1.00. The van der Waals surface area contributed by atoms with Gasteiger partial charge in [-0.05, 0) is 13.8 Å². The molecule has 0 aliphatic rings. The van der Waals surface area contributed by atoms with E-state index < -0.39 is 16.5 Å². The minimum atomic E-state index is -3.90. The number of aliphatic hydroxyl groups is 1. The highest BCUT2D eigenvalue weighted by atomic mass is 32.3. The predicted molar refractivity (Wildman–Crippen MR) is 43.2 cm³/mol. The summed E-state index contributed by atoms with van der Waals surface area (Å²) >= 11 is 0. The summed E-state index contributed by atoms with van der Waals surface area (Å²) in [6.45, 7) is 2.52. The Hall–Kier alpha value is -0.210. The van der Waals surface area contributed by atoms with Crippen LogP contribution < -0.4 is 6.15 Å².